The highest BCUT2D eigenvalue weighted by Gasteiger charge is 2.49. The normalized spacial score (nSPS) is 17.9. The van der Waals surface area contributed by atoms with Crippen LogP contribution in [0.4, 0.5) is 11.6 Å². The zero-order valence-electron chi connectivity index (χ0n) is 16.0. The number of hydrogen-bond acceptors (Lipinski definition) is 4. The van der Waals surface area contributed by atoms with Crippen molar-refractivity contribution in [3.05, 3.63) is 74.4 Å². The van der Waals surface area contributed by atoms with Crippen LogP contribution >= 0.6 is 39.1 Å². The van der Waals surface area contributed by atoms with Gasteiger partial charge in [-0.3, -0.25) is 4.79 Å². The molecular formula is C21H16BrCl2N3O3. The predicted octanol–water partition coefficient (Wildman–Crippen LogP) is 5.38. The van der Waals surface area contributed by atoms with E-state index in [0.29, 0.717) is 28.1 Å². The summed E-state index contributed by atoms with van der Waals surface area (Å²) in [5.74, 6) is -0.486. The lowest BCUT2D eigenvalue weighted by atomic mass is 9.92. The lowest BCUT2D eigenvalue weighted by molar-refractivity contribution is -0.123. The molecule has 0 radical (unpaired) electrons. The van der Waals surface area contributed by atoms with Crippen LogP contribution in [-0.2, 0) is 21.5 Å². The highest BCUT2D eigenvalue weighted by atomic mass is 79.9. The average Bonchev–Trinajstić information content (AvgIpc) is 3.21. The molecule has 1 atom stereocenters. The van der Waals surface area contributed by atoms with Crippen LogP contribution in [0.3, 0.4) is 0 Å². The molecule has 0 spiro atoms. The Balaban J connectivity index is 1.86. The largest absolute Gasteiger partial charge is 0.464 e. The van der Waals surface area contributed by atoms with Crippen LogP contribution in [0.25, 0.3) is 0 Å². The molecule has 6 nitrogen and oxygen atoms in total. The van der Waals surface area contributed by atoms with E-state index in [1.54, 1.807) is 29.0 Å². The van der Waals surface area contributed by atoms with Gasteiger partial charge in [-0.1, -0.05) is 51.3 Å². The maximum absolute atomic E-state index is 13.6. The summed E-state index contributed by atoms with van der Waals surface area (Å²) < 4.78 is 7.47. The topological polar surface area (TPSA) is 64.4 Å². The monoisotopic (exact) mass is 507 g/mol. The maximum Gasteiger partial charge on any atom is 0.358 e. The van der Waals surface area contributed by atoms with E-state index in [9.17, 15) is 9.59 Å². The molecule has 0 aliphatic carbocycles. The van der Waals surface area contributed by atoms with Crippen LogP contribution in [0.15, 0.2) is 53.1 Å². The highest BCUT2D eigenvalue weighted by Crippen LogP contribution is 2.42. The SMILES string of the molecule is COC(=O)c1cn2c(n1)N(c1cc(Cl)cc(Cl)c1)C(=O)C2(C)Cc1ccc(Br)cc1. The molecule has 0 N–H and O–H groups in total. The number of halogens is 3. The Labute approximate surface area is 191 Å². The van der Waals surface area contributed by atoms with Crippen LogP contribution in [-0.4, -0.2) is 28.5 Å². The third-order valence-electron chi connectivity index (χ3n) is 5.04. The fraction of sp³-hybridized carbons (Fsp3) is 0.190. The second-order valence-corrected chi connectivity index (χ2v) is 8.92. The number of anilines is 2. The van der Waals surface area contributed by atoms with E-state index in [1.807, 2.05) is 31.2 Å². The van der Waals surface area contributed by atoms with Gasteiger partial charge >= 0.3 is 5.97 Å². The second-order valence-electron chi connectivity index (χ2n) is 7.13. The molecule has 1 amide bonds. The molecule has 3 aromatic rings. The number of hydrogen-bond donors (Lipinski definition) is 0. The first-order chi connectivity index (χ1) is 14.2. The zero-order chi connectivity index (χ0) is 21.6. The summed E-state index contributed by atoms with van der Waals surface area (Å²) in [4.78, 5) is 31.6. The minimum absolute atomic E-state index is 0.111. The molecule has 1 unspecified atom stereocenters. The third kappa shape index (κ3) is 3.51. The van der Waals surface area contributed by atoms with Crippen LogP contribution in [0.2, 0.25) is 10.0 Å². The van der Waals surface area contributed by atoms with E-state index < -0.39 is 11.5 Å². The molecule has 0 bridgehead atoms. The number of benzene rings is 2. The van der Waals surface area contributed by atoms with Gasteiger partial charge in [0.05, 0.1) is 12.8 Å². The van der Waals surface area contributed by atoms with Gasteiger partial charge in [0.15, 0.2) is 5.69 Å². The lowest BCUT2D eigenvalue weighted by Crippen LogP contribution is -2.41. The number of carbonyl (C=O) groups excluding carboxylic acids is 2. The molecule has 2 aromatic carbocycles. The van der Waals surface area contributed by atoms with Crippen molar-refractivity contribution in [2.75, 3.05) is 12.0 Å². The molecule has 0 saturated carbocycles. The molecule has 154 valence electrons. The number of nitrogens with zero attached hydrogens (tertiary/aromatic N) is 3. The summed E-state index contributed by atoms with van der Waals surface area (Å²) in [6.07, 6.45) is 1.94. The van der Waals surface area contributed by atoms with Crippen molar-refractivity contribution < 1.29 is 14.3 Å². The van der Waals surface area contributed by atoms with Gasteiger partial charge in [-0.05, 0) is 42.8 Å². The highest BCUT2D eigenvalue weighted by molar-refractivity contribution is 9.10. The number of aromatic nitrogens is 2. The quantitative estimate of drug-likeness (QED) is 0.444. The van der Waals surface area contributed by atoms with Gasteiger partial charge in [-0.25, -0.2) is 14.7 Å². The summed E-state index contributed by atoms with van der Waals surface area (Å²) in [6.45, 7) is 1.82. The number of esters is 1. The molecule has 1 aliphatic heterocycles. The van der Waals surface area contributed by atoms with Crippen LogP contribution in [0, 0.1) is 0 Å². The van der Waals surface area contributed by atoms with E-state index in [0.717, 1.165) is 10.0 Å². The van der Waals surface area contributed by atoms with Crippen molar-refractivity contribution in [2.24, 2.45) is 0 Å². The number of ether oxygens (including phenoxy) is 1. The summed E-state index contributed by atoms with van der Waals surface area (Å²) in [6, 6.07) is 12.6. The molecule has 0 saturated heterocycles. The summed E-state index contributed by atoms with van der Waals surface area (Å²) in [5.41, 5.74) is 0.525. The number of carbonyl (C=O) groups is 2. The van der Waals surface area contributed by atoms with Crippen molar-refractivity contribution in [1.29, 1.82) is 0 Å². The smallest absolute Gasteiger partial charge is 0.358 e. The first-order valence-corrected chi connectivity index (χ1v) is 10.5. The molecule has 1 aliphatic rings. The number of methoxy groups -OCH3 is 1. The van der Waals surface area contributed by atoms with Crippen LogP contribution < -0.4 is 4.90 Å². The number of fused-ring (bicyclic) bond motifs is 1. The average molecular weight is 509 g/mol. The maximum atomic E-state index is 13.6. The number of rotatable bonds is 4. The van der Waals surface area contributed by atoms with Crippen molar-refractivity contribution in [3.8, 4) is 0 Å². The number of imidazole rings is 1. The van der Waals surface area contributed by atoms with Crippen molar-refractivity contribution in [3.63, 3.8) is 0 Å². The molecule has 4 rings (SSSR count). The second kappa shape index (κ2) is 7.72. The fourth-order valence-corrected chi connectivity index (χ4v) is 4.37. The standard InChI is InChI=1S/C21H16BrCl2N3O3/c1-21(10-12-3-5-13(22)6-4-12)19(29)27(16-8-14(23)7-15(24)9-16)20-25-17(11-26(20)21)18(28)30-2/h3-9,11H,10H2,1-2H3. The Morgan fingerprint density at radius 1 is 1.17 bits per heavy atom. The van der Waals surface area contributed by atoms with Crippen molar-refractivity contribution in [2.45, 2.75) is 18.9 Å². The van der Waals surface area contributed by atoms with E-state index in [1.165, 1.54) is 12.0 Å². The van der Waals surface area contributed by atoms with Crippen LogP contribution in [0.5, 0.6) is 0 Å². The molecule has 30 heavy (non-hydrogen) atoms. The Kier molecular flexibility index (Phi) is 5.38. The van der Waals surface area contributed by atoms with Gasteiger partial charge in [0.1, 0.15) is 5.54 Å². The lowest BCUT2D eigenvalue weighted by Gasteiger charge is -2.25. The molecular weight excluding hydrogens is 493 g/mol. The van der Waals surface area contributed by atoms with Gasteiger partial charge in [0.2, 0.25) is 5.95 Å². The predicted molar refractivity (Wildman–Crippen MR) is 119 cm³/mol. The van der Waals surface area contributed by atoms with Gasteiger partial charge in [0.25, 0.3) is 5.91 Å². The molecule has 1 aromatic heterocycles. The molecule has 9 heteroatoms. The Morgan fingerprint density at radius 2 is 1.80 bits per heavy atom. The first kappa shape index (κ1) is 20.9. The summed E-state index contributed by atoms with van der Waals surface area (Å²) in [7, 11) is 1.29. The van der Waals surface area contributed by atoms with Gasteiger partial charge < -0.3 is 9.30 Å². The number of amides is 1. The molecule has 0 fully saturated rings. The Bertz CT molecular complexity index is 1140. The van der Waals surface area contributed by atoms with Crippen molar-refractivity contribution >= 4 is 62.6 Å². The van der Waals surface area contributed by atoms with Gasteiger partial charge in [0, 0.05) is 27.1 Å². The summed E-state index contributed by atoms with van der Waals surface area (Å²) >= 11 is 15.8. The first-order valence-electron chi connectivity index (χ1n) is 8.96. The van der Waals surface area contributed by atoms with Gasteiger partial charge in [-0.15, -0.1) is 0 Å². The van der Waals surface area contributed by atoms with E-state index in [-0.39, 0.29) is 11.6 Å². The minimum Gasteiger partial charge on any atom is -0.464 e. The third-order valence-corrected chi connectivity index (χ3v) is 6.01. The Hall–Kier alpha value is -2.35. The van der Waals surface area contributed by atoms with E-state index in [4.69, 9.17) is 27.9 Å². The van der Waals surface area contributed by atoms with Gasteiger partial charge in [-0.2, -0.15) is 0 Å². The van der Waals surface area contributed by atoms with E-state index >= 15 is 0 Å². The minimum atomic E-state index is -1.02. The van der Waals surface area contributed by atoms with E-state index in [2.05, 4.69) is 20.9 Å². The molecule has 2 heterocycles. The fourth-order valence-electron chi connectivity index (χ4n) is 3.59. The summed E-state index contributed by atoms with van der Waals surface area (Å²) in [5, 5.41) is 0.774. The van der Waals surface area contributed by atoms with Crippen LogP contribution in [0.1, 0.15) is 23.0 Å². The zero-order valence-corrected chi connectivity index (χ0v) is 19.1. The van der Waals surface area contributed by atoms with Crippen molar-refractivity contribution in [1.82, 2.24) is 9.55 Å². The Morgan fingerprint density at radius 3 is 2.40 bits per heavy atom.